The van der Waals surface area contributed by atoms with E-state index in [-0.39, 0.29) is 11.8 Å². The molecular formula is C18H22N2O3. The third-order valence-corrected chi connectivity index (χ3v) is 3.49. The van der Waals surface area contributed by atoms with Crippen molar-refractivity contribution in [3.63, 3.8) is 0 Å². The lowest BCUT2D eigenvalue weighted by Gasteiger charge is -2.18. The lowest BCUT2D eigenvalue weighted by Crippen LogP contribution is -2.36. The van der Waals surface area contributed by atoms with Crippen molar-refractivity contribution in [1.29, 1.82) is 0 Å². The first kappa shape index (κ1) is 16.8. The van der Waals surface area contributed by atoms with Gasteiger partial charge < -0.3 is 20.1 Å². The Bertz CT molecular complexity index is 658. The zero-order valence-corrected chi connectivity index (χ0v) is 13.5. The second-order valence-corrected chi connectivity index (χ2v) is 5.40. The highest BCUT2D eigenvalue weighted by molar-refractivity contribution is 5.73. The standard InChI is InChI=1S/C18H22N2O3/c1-20(12-16-8-3-4-9-17(16)21)18(22)19-11-14-6-5-7-15(10-14)13-23-2/h3-10,21H,11-13H2,1-2H3,(H,19,22). The quantitative estimate of drug-likeness (QED) is 0.862. The third-order valence-electron chi connectivity index (χ3n) is 3.49. The van der Waals surface area contributed by atoms with Crippen molar-refractivity contribution < 1.29 is 14.6 Å². The topological polar surface area (TPSA) is 61.8 Å². The average molecular weight is 314 g/mol. The van der Waals surface area contributed by atoms with Crippen LogP contribution < -0.4 is 5.32 Å². The Kier molecular flexibility index (Phi) is 6.00. The number of phenolic OH excluding ortho intramolecular Hbond substituents is 1. The molecule has 2 rings (SSSR count). The normalized spacial score (nSPS) is 10.3. The van der Waals surface area contributed by atoms with Crippen molar-refractivity contribution in [2.75, 3.05) is 14.2 Å². The number of carbonyl (C=O) groups is 1. The van der Waals surface area contributed by atoms with Gasteiger partial charge in [-0.05, 0) is 17.2 Å². The summed E-state index contributed by atoms with van der Waals surface area (Å²) < 4.78 is 5.11. The van der Waals surface area contributed by atoms with E-state index in [0.717, 1.165) is 11.1 Å². The first-order valence-electron chi connectivity index (χ1n) is 7.42. The molecule has 2 N–H and O–H groups in total. The summed E-state index contributed by atoms with van der Waals surface area (Å²) in [6, 6.07) is 14.7. The van der Waals surface area contributed by atoms with Gasteiger partial charge in [0.1, 0.15) is 5.75 Å². The van der Waals surface area contributed by atoms with Gasteiger partial charge in [-0.1, -0.05) is 42.5 Å². The third kappa shape index (κ3) is 5.00. The van der Waals surface area contributed by atoms with Crippen LogP contribution in [0.15, 0.2) is 48.5 Å². The van der Waals surface area contributed by atoms with Crippen LogP contribution in [0.1, 0.15) is 16.7 Å². The van der Waals surface area contributed by atoms with Crippen molar-refractivity contribution in [2.24, 2.45) is 0 Å². The predicted octanol–water partition coefficient (Wildman–Crippen LogP) is 2.88. The molecule has 0 aliphatic carbocycles. The molecule has 0 fully saturated rings. The van der Waals surface area contributed by atoms with Crippen molar-refractivity contribution >= 4 is 6.03 Å². The summed E-state index contributed by atoms with van der Waals surface area (Å²) in [5.74, 6) is 0.194. The maximum atomic E-state index is 12.2. The number of aromatic hydroxyl groups is 1. The molecule has 23 heavy (non-hydrogen) atoms. The molecule has 0 aliphatic heterocycles. The summed E-state index contributed by atoms with van der Waals surface area (Å²) in [6.07, 6.45) is 0. The monoisotopic (exact) mass is 314 g/mol. The highest BCUT2D eigenvalue weighted by Gasteiger charge is 2.10. The van der Waals surface area contributed by atoms with Crippen LogP contribution in [0.4, 0.5) is 4.79 Å². The van der Waals surface area contributed by atoms with E-state index in [4.69, 9.17) is 4.74 Å². The van der Waals surface area contributed by atoms with Gasteiger partial charge in [0.2, 0.25) is 0 Å². The lowest BCUT2D eigenvalue weighted by molar-refractivity contribution is 0.185. The number of para-hydroxylation sites is 1. The predicted molar refractivity (Wildman–Crippen MR) is 89.0 cm³/mol. The number of nitrogens with one attached hydrogen (secondary N) is 1. The second-order valence-electron chi connectivity index (χ2n) is 5.40. The van der Waals surface area contributed by atoms with E-state index in [1.165, 1.54) is 4.90 Å². The van der Waals surface area contributed by atoms with Gasteiger partial charge in [-0.3, -0.25) is 0 Å². The number of ether oxygens (including phenoxy) is 1. The molecule has 122 valence electrons. The number of nitrogens with zero attached hydrogens (tertiary/aromatic N) is 1. The minimum Gasteiger partial charge on any atom is -0.508 e. The van der Waals surface area contributed by atoms with E-state index in [9.17, 15) is 9.90 Å². The van der Waals surface area contributed by atoms with E-state index >= 15 is 0 Å². The Morgan fingerprint density at radius 2 is 1.91 bits per heavy atom. The summed E-state index contributed by atoms with van der Waals surface area (Å²) in [7, 11) is 3.35. The highest BCUT2D eigenvalue weighted by Crippen LogP contribution is 2.17. The number of amides is 2. The number of urea groups is 1. The van der Waals surface area contributed by atoms with Gasteiger partial charge in [0, 0.05) is 26.3 Å². The first-order valence-corrected chi connectivity index (χ1v) is 7.42. The maximum absolute atomic E-state index is 12.2. The number of rotatable bonds is 6. The Labute approximate surface area is 136 Å². The van der Waals surface area contributed by atoms with Crippen molar-refractivity contribution in [1.82, 2.24) is 10.2 Å². The summed E-state index contributed by atoms with van der Waals surface area (Å²) in [4.78, 5) is 13.7. The first-order chi connectivity index (χ1) is 11.1. The van der Waals surface area contributed by atoms with Gasteiger partial charge in [0.15, 0.2) is 0 Å². The van der Waals surface area contributed by atoms with Gasteiger partial charge in [-0.2, -0.15) is 0 Å². The van der Waals surface area contributed by atoms with Crippen LogP contribution in [0.3, 0.4) is 0 Å². The van der Waals surface area contributed by atoms with Crippen LogP contribution >= 0.6 is 0 Å². The van der Waals surface area contributed by atoms with Crippen LogP contribution in [0.5, 0.6) is 5.75 Å². The van der Waals surface area contributed by atoms with Crippen molar-refractivity contribution in [2.45, 2.75) is 19.7 Å². The molecule has 0 bridgehead atoms. The molecular weight excluding hydrogens is 292 g/mol. The van der Waals surface area contributed by atoms with E-state index in [1.54, 1.807) is 32.4 Å². The van der Waals surface area contributed by atoms with E-state index < -0.39 is 0 Å². The number of methoxy groups -OCH3 is 1. The molecule has 0 unspecified atom stereocenters. The molecule has 0 atom stereocenters. The smallest absolute Gasteiger partial charge is 0.317 e. The molecule has 2 aromatic rings. The number of benzene rings is 2. The second kappa shape index (κ2) is 8.19. The molecule has 0 aromatic heterocycles. The molecule has 0 saturated heterocycles. The van der Waals surface area contributed by atoms with Crippen LogP contribution in [-0.4, -0.2) is 30.2 Å². The number of hydrogen-bond acceptors (Lipinski definition) is 3. The summed E-state index contributed by atoms with van der Waals surface area (Å²) >= 11 is 0. The molecule has 0 heterocycles. The van der Waals surface area contributed by atoms with Crippen LogP contribution in [0.25, 0.3) is 0 Å². The summed E-state index contributed by atoms with van der Waals surface area (Å²) in [5.41, 5.74) is 2.80. The molecule has 2 amide bonds. The maximum Gasteiger partial charge on any atom is 0.317 e. The highest BCUT2D eigenvalue weighted by atomic mass is 16.5. The minimum absolute atomic E-state index is 0.189. The van der Waals surface area contributed by atoms with Gasteiger partial charge in [0.25, 0.3) is 0 Å². The van der Waals surface area contributed by atoms with Gasteiger partial charge in [-0.15, -0.1) is 0 Å². The van der Waals surface area contributed by atoms with Gasteiger partial charge in [-0.25, -0.2) is 4.79 Å². The van der Waals surface area contributed by atoms with Gasteiger partial charge in [0.05, 0.1) is 13.2 Å². The van der Waals surface area contributed by atoms with E-state index in [2.05, 4.69) is 5.32 Å². The Hall–Kier alpha value is -2.53. The Morgan fingerprint density at radius 3 is 2.65 bits per heavy atom. The molecule has 5 heteroatoms. The summed E-state index contributed by atoms with van der Waals surface area (Å²) in [6.45, 7) is 1.35. The van der Waals surface area contributed by atoms with E-state index in [1.807, 2.05) is 30.3 Å². The minimum atomic E-state index is -0.189. The summed E-state index contributed by atoms with van der Waals surface area (Å²) in [5, 5.41) is 12.6. The Balaban J connectivity index is 1.89. The molecule has 0 spiro atoms. The number of phenols is 1. The number of hydrogen-bond donors (Lipinski definition) is 2. The fourth-order valence-electron chi connectivity index (χ4n) is 2.28. The molecule has 0 radical (unpaired) electrons. The van der Waals surface area contributed by atoms with Crippen LogP contribution in [-0.2, 0) is 24.4 Å². The van der Waals surface area contributed by atoms with Crippen molar-refractivity contribution in [3.05, 3.63) is 65.2 Å². The Morgan fingerprint density at radius 1 is 1.17 bits per heavy atom. The molecule has 0 aliphatic rings. The molecule has 2 aromatic carbocycles. The number of carbonyl (C=O) groups excluding carboxylic acids is 1. The van der Waals surface area contributed by atoms with E-state index in [0.29, 0.717) is 25.3 Å². The lowest BCUT2D eigenvalue weighted by atomic mass is 10.1. The van der Waals surface area contributed by atoms with Crippen LogP contribution in [0, 0.1) is 0 Å². The largest absolute Gasteiger partial charge is 0.508 e. The van der Waals surface area contributed by atoms with Crippen molar-refractivity contribution in [3.8, 4) is 5.75 Å². The van der Waals surface area contributed by atoms with Gasteiger partial charge >= 0.3 is 6.03 Å². The zero-order valence-electron chi connectivity index (χ0n) is 13.5. The SMILES string of the molecule is COCc1cccc(CNC(=O)N(C)Cc2ccccc2O)c1. The zero-order chi connectivity index (χ0) is 16.7. The molecule has 5 nitrogen and oxygen atoms in total. The fourth-order valence-corrected chi connectivity index (χ4v) is 2.28. The molecule has 0 saturated carbocycles. The average Bonchev–Trinajstić information content (AvgIpc) is 2.55. The fraction of sp³-hybridized carbons (Fsp3) is 0.278. The van der Waals surface area contributed by atoms with Crippen LogP contribution in [0.2, 0.25) is 0 Å².